The van der Waals surface area contributed by atoms with Gasteiger partial charge in [0.25, 0.3) is 0 Å². The average molecular weight is 365 g/mol. The molecule has 1 aromatic heterocycles. The number of carbonyl (C=O) groups excluding carboxylic acids is 1. The van der Waals surface area contributed by atoms with Gasteiger partial charge in [-0.25, -0.2) is 4.98 Å². The van der Waals surface area contributed by atoms with Crippen LogP contribution in [0.3, 0.4) is 0 Å². The quantitative estimate of drug-likeness (QED) is 0.478. The highest BCUT2D eigenvalue weighted by Gasteiger charge is 2.13. The van der Waals surface area contributed by atoms with Crippen LogP contribution >= 0.6 is 34.2 Å². The molecule has 0 radical (unpaired) electrons. The van der Waals surface area contributed by atoms with E-state index in [1.165, 1.54) is 7.11 Å². The minimum absolute atomic E-state index is 0.135. The van der Waals surface area contributed by atoms with Gasteiger partial charge in [0.05, 0.1) is 24.0 Å². The Bertz CT molecular complexity index is 568. The average Bonchev–Trinajstić information content (AvgIpc) is 2.66. The molecule has 0 amide bonds. The summed E-state index contributed by atoms with van der Waals surface area (Å²) in [5.41, 5.74) is 1.74. The number of rotatable bonds is 3. The first-order valence-electron chi connectivity index (χ1n) is 4.93. The molecule has 0 spiro atoms. The fraction of sp³-hybridized carbons (Fsp3) is 0.273. The van der Waals surface area contributed by atoms with Gasteiger partial charge in [0.2, 0.25) is 0 Å². The van der Waals surface area contributed by atoms with Crippen molar-refractivity contribution in [3.63, 3.8) is 0 Å². The highest BCUT2D eigenvalue weighted by Crippen LogP contribution is 2.20. The van der Waals surface area contributed by atoms with E-state index in [1.807, 2.05) is 18.2 Å². The van der Waals surface area contributed by atoms with Crippen molar-refractivity contribution >= 4 is 51.2 Å². The van der Waals surface area contributed by atoms with Gasteiger partial charge in [-0.15, -0.1) is 11.6 Å². The molecule has 0 N–H and O–H groups in total. The number of imidazole rings is 1. The highest BCUT2D eigenvalue weighted by molar-refractivity contribution is 14.1. The molecule has 2 aromatic rings. The lowest BCUT2D eigenvalue weighted by atomic mass is 10.3. The Kier molecular flexibility index (Phi) is 3.88. The molecule has 0 unspecified atom stereocenters. The van der Waals surface area contributed by atoms with Crippen LogP contribution in [-0.4, -0.2) is 22.6 Å². The van der Waals surface area contributed by atoms with E-state index in [-0.39, 0.29) is 18.4 Å². The number of benzene rings is 1. The van der Waals surface area contributed by atoms with Crippen LogP contribution < -0.4 is 0 Å². The molecule has 1 aromatic carbocycles. The minimum Gasteiger partial charge on any atom is -0.468 e. The lowest BCUT2D eigenvalue weighted by Gasteiger charge is -2.05. The van der Waals surface area contributed by atoms with Crippen molar-refractivity contribution in [1.29, 1.82) is 0 Å². The third-order valence-corrected chi connectivity index (χ3v) is 3.33. The third kappa shape index (κ3) is 2.55. The van der Waals surface area contributed by atoms with Gasteiger partial charge in [-0.2, -0.15) is 0 Å². The lowest BCUT2D eigenvalue weighted by molar-refractivity contribution is -0.141. The molecule has 0 bridgehead atoms. The number of esters is 1. The second-order valence-corrected chi connectivity index (χ2v) is 4.97. The number of ether oxygens (including phenoxy) is 1. The molecule has 90 valence electrons. The Morgan fingerprint density at radius 3 is 3.00 bits per heavy atom. The van der Waals surface area contributed by atoms with Crippen LogP contribution in [0.1, 0.15) is 5.82 Å². The largest absolute Gasteiger partial charge is 0.468 e. The van der Waals surface area contributed by atoms with E-state index >= 15 is 0 Å². The fourth-order valence-corrected chi connectivity index (χ4v) is 2.30. The topological polar surface area (TPSA) is 44.1 Å². The van der Waals surface area contributed by atoms with Crippen molar-refractivity contribution in [2.24, 2.45) is 0 Å². The predicted octanol–water partition coefficient (Wildman–Crippen LogP) is 2.55. The number of methoxy groups -OCH3 is 1. The maximum Gasteiger partial charge on any atom is 0.325 e. The number of fused-ring (bicyclic) bond motifs is 1. The van der Waals surface area contributed by atoms with Crippen molar-refractivity contribution in [3.05, 3.63) is 27.6 Å². The molecule has 0 atom stereocenters. The molecule has 4 nitrogen and oxygen atoms in total. The number of nitrogens with zero attached hydrogens (tertiary/aromatic N) is 2. The number of aromatic nitrogens is 2. The molecule has 17 heavy (non-hydrogen) atoms. The molecule has 2 rings (SSSR count). The van der Waals surface area contributed by atoms with Crippen molar-refractivity contribution in [2.75, 3.05) is 7.11 Å². The van der Waals surface area contributed by atoms with Crippen LogP contribution in [0.5, 0.6) is 0 Å². The van der Waals surface area contributed by atoms with Crippen LogP contribution in [0, 0.1) is 3.57 Å². The summed E-state index contributed by atoms with van der Waals surface area (Å²) in [6.07, 6.45) is 0. The van der Waals surface area contributed by atoms with Gasteiger partial charge in [0.1, 0.15) is 12.4 Å². The second kappa shape index (κ2) is 5.22. The first kappa shape index (κ1) is 12.6. The summed E-state index contributed by atoms with van der Waals surface area (Å²) in [5, 5.41) is 0. The Morgan fingerprint density at radius 1 is 1.59 bits per heavy atom. The highest BCUT2D eigenvalue weighted by atomic mass is 127. The molecular weight excluding hydrogens is 354 g/mol. The molecule has 0 saturated carbocycles. The summed E-state index contributed by atoms with van der Waals surface area (Å²) in [5.74, 6) is 0.630. The summed E-state index contributed by atoms with van der Waals surface area (Å²) in [6, 6.07) is 5.86. The van der Waals surface area contributed by atoms with Gasteiger partial charge in [-0.05, 0) is 40.8 Å². The van der Waals surface area contributed by atoms with E-state index in [0.29, 0.717) is 5.82 Å². The smallest absolute Gasteiger partial charge is 0.325 e. The first-order chi connectivity index (χ1) is 8.15. The summed E-state index contributed by atoms with van der Waals surface area (Å²) in [4.78, 5) is 15.7. The maximum atomic E-state index is 11.3. The molecule has 0 aliphatic rings. The Labute approximate surface area is 117 Å². The normalized spacial score (nSPS) is 10.8. The monoisotopic (exact) mass is 364 g/mol. The van der Waals surface area contributed by atoms with Crippen LogP contribution in [0.2, 0.25) is 0 Å². The van der Waals surface area contributed by atoms with Gasteiger partial charge in [-0.1, -0.05) is 0 Å². The molecule has 0 saturated heterocycles. The standard InChI is InChI=1S/C11H10ClIN2O2/c1-17-11(16)6-15-9-3-2-7(13)4-8(9)14-10(15)5-12/h2-4H,5-6H2,1H3. The van der Waals surface area contributed by atoms with Crippen molar-refractivity contribution in [2.45, 2.75) is 12.4 Å². The van der Waals surface area contributed by atoms with Crippen LogP contribution in [0.25, 0.3) is 11.0 Å². The fourth-order valence-electron chi connectivity index (χ4n) is 1.62. The molecule has 0 aliphatic heterocycles. The zero-order valence-electron chi connectivity index (χ0n) is 9.11. The zero-order chi connectivity index (χ0) is 12.4. The minimum atomic E-state index is -0.311. The van der Waals surface area contributed by atoms with Crippen molar-refractivity contribution in [3.8, 4) is 0 Å². The molecule has 0 fully saturated rings. The molecule has 0 aliphatic carbocycles. The number of halogens is 2. The summed E-state index contributed by atoms with van der Waals surface area (Å²) >= 11 is 8.05. The Balaban J connectivity index is 2.54. The van der Waals surface area contributed by atoms with Crippen molar-refractivity contribution < 1.29 is 9.53 Å². The van der Waals surface area contributed by atoms with E-state index in [4.69, 9.17) is 11.6 Å². The predicted molar refractivity (Wildman–Crippen MR) is 74.0 cm³/mol. The van der Waals surface area contributed by atoms with Gasteiger partial charge >= 0.3 is 5.97 Å². The van der Waals surface area contributed by atoms with E-state index in [2.05, 4.69) is 32.3 Å². The zero-order valence-corrected chi connectivity index (χ0v) is 12.0. The van der Waals surface area contributed by atoms with E-state index < -0.39 is 0 Å². The van der Waals surface area contributed by atoms with Crippen LogP contribution in [-0.2, 0) is 22.0 Å². The van der Waals surface area contributed by atoms with Crippen LogP contribution in [0.15, 0.2) is 18.2 Å². The number of hydrogen-bond donors (Lipinski definition) is 0. The number of hydrogen-bond acceptors (Lipinski definition) is 3. The van der Waals surface area contributed by atoms with Gasteiger partial charge in [-0.3, -0.25) is 4.79 Å². The van der Waals surface area contributed by atoms with Gasteiger partial charge in [0.15, 0.2) is 0 Å². The third-order valence-electron chi connectivity index (χ3n) is 2.42. The summed E-state index contributed by atoms with van der Waals surface area (Å²) in [6.45, 7) is 0.135. The van der Waals surface area contributed by atoms with E-state index in [1.54, 1.807) is 4.57 Å². The summed E-state index contributed by atoms with van der Waals surface area (Å²) in [7, 11) is 1.37. The molecule has 1 heterocycles. The first-order valence-corrected chi connectivity index (χ1v) is 6.54. The Hall–Kier alpha value is -0.820. The SMILES string of the molecule is COC(=O)Cn1c(CCl)nc2cc(I)ccc21. The summed E-state index contributed by atoms with van der Waals surface area (Å²) < 4.78 is 7.54. The second-order valence-electron chi connectivity index (χ2n) is 3.46. The lowest BCUT2D eigenvalue weighted by Crippen LogP contribution is -2.13. The van der Waals surface area contributed by atoms with Crippen LogP contribution in [0.4, 0.5) is 0 Å². The van der Waals surface area contributed by atoms with E-state index in [0.717, 1.165) is 14.6 Å². The van der Waals surface area contributed by atoms with Gasteiger partial charge < -0.3 is 9.30 Å². The Morgan fingerprint density at radius 2 is 2.35 bits per heavy atom. The van der Waals surface area contributed by atoms with E-state index in [9.17, 15) is 4.79 Å². The van der Waals surface area contributed by atoms with Gasteiger partial charge in [0, 0.05) is 3.57 Å². The molecular formula is C11H10ClIN2O2. The van der Waals surface area contributed by atoms with Crippen molar-refractivity contribution in [1.82, 2.24) is 9.55 Å². The molecule has 6 heteroatoms. The number of alkyl halides is 1. The maximum absolute atomic E-state index is 11.3. The number of carbonyl (C=O) groups is 1.